The lowest BCUT2D eigenvalue weighted by atomic mass is 10.1. The van der Waals surface area contributed by atoms with Crippen molar-refractivity contribution in [2.75, 3.05) is 32.4 Å². The Labute approximate surface area is 150 Å². The molecule has 1 saturated heterocycles. The van der Waals surface area contributed by atoms with Gasteiger partial charge in [0.2, 0.25) is 0 Å². The molecule has 1 heterocycles. The van der Waals surface area contributed by atoms with Gasteiger partial charge < -0.3 is 15.3 Å². The van der Waals surface area contributed by atoms with E-state index in [2.05, 4.69) is 10.3 Å². The summed E-state index contributed by atoms with van der Waals surface area (Å²) in [6, 6.07) is 0. The van der Waals surface area contributed by atoms with Gasteiger partial charge in [0, 0.05) is 32.6 Å². The van der Waals surface area contributed by atoms with Gasteiger partial charge >= 0.3 is 0 Å². The molecule has 22 heavy (non-hydrogen) atoms. The van der Waals surface area contributed by atoms with Gasteiger partial charge in [0.15, 0.2) is 15.8 Å². The topological polar surface area (TPSA) is 82.0 Å². The van der Waals surface area contributed by atoms with Gasteiger partial charge in [0.25, 0.3) is 0 Å². The van der Waals surface area contributed by atoms with E-state index < -0.39 is 14.6 Å². The minimum atomic E-state index is -3.04. The number of sulfone groups is 1. The molecule has 1 aliphatic heterocycles. The molecule has 0 aromatic rings. The maximum absolute atomic E-state index is 12.0. The van der Waals surface area contributed by atoms with Gasteiger partial charge in [0.1, 0.15) is 0 Å². The third-order valence-electron chi connectivity index (χ3n) is 4.70. The van der Waals surface area contributed by atoms with Gasteiger partial charge in [-0.2, -0.15) is 0 Å². The molecule has 2 rings (SSSR count). The number of aliphatic hydroxyl groups is 1. The highest BCUT2D eigenvalue weighted by Gasteiger charge is 2.41. The van der Waals surface area contributed by atoms with E-state index in [4.69, 9.17) is 0 Å². The lowest BCUT2D eigenvalue weighted by molar-refractivity contribution is 0.133. The van der Waals surface area contributed by atoms with Crippen LogP contribution in [0.25, 0.3) is 0 Å². The van der Waals surface area contributed by atoms with Gasteiger partial charge in [-0.1, -0.05) is 6.42 Å². The molecule has 0 aromatic heterocycles. The number of nitrogens with zero attached hydrogens (tertiary/aromatic N) is 2. The highest BCUT2D eigenvalue weighted by Crippen LogP contribution is 2.26. The second-order valence-electron chi connectivity index (χ2n) is 6.69. The van der Waals surface area contributed by atoms with Crippen molar-refractivity contribution in [1.82, 2.24) is 10.2 Å². The smallest absolute Gasteiger partial charge is 0.193 e. The van der Waals surface area contributed by atoms with E-state index >= 15 is 0 Å². The minimum Gasteiger partial charge on any atom is -0.393 e. The van der Waals surface area contributed by atoms with Crippen molar-refractivity contribution in [3.63, 3.8) is 0 Å². The fourth-order valence-electron chi connectivity index (χ4n) is 3.13. The number of aliphatic imine (C=N–C) groups is 1. The Kier molecular flexibility index (Phi) is 6.94. The molecule has 8 heteroatoms. The first-order valence-corrected chi connectivity index (χ1v) is 9.28. The van der Waals surface area contributed by atoms with E-state index in [1.807, 2.05) is 4.90 Å². The second-order valence-corrected chi connectivity index (χ2v) is 9.43. The molecule has 0 radical (unpaired) electrons. The van der Waals surface area contributed by atoms with Crippen LogP contribution in [-0.4, -0.2) is 67.7 Å². The SMILES string of the molecule is CN=C(NCC1CCCC1O)N1CCS(=O)(=O)C(C)(C)C1.I. The summed E-state index contributed by atoms with van der Waals surface area (Å²) in [5.41, 5.74) is 0. The first-order chi connectivity index (χ1) is 9.77. The standard InChI is InChI=1S/C14H27N3O3S.HI/c1-14(2)10-17(7-8-21(14,19)20)13(15-3)16-9-11-5-4-6-12(11)18;/h11-12,18H,4-10H2,1-3H3,(H,15,16);1H. The van der Waals surface area contributed by atoms with Crippen LogP contribution < -0.4 is 5.32 Å². The molecule has 0 bridgehead atoms. The number of aliphatic hydroxyl groups excluding tert-OH is 1. The average Bonchev–Trinajstić information content (AvgIpc) is 2.80. The summed E-state index contributed by atoms with van der Waals surface area (Å²) < 4.78 is 23.3. The summed E-state index contributed by atoms with van der Waals surface area (Å²) in [4.78, 5) is 6.27. The van der Waals surface area contributed by atoms with Crippen LogP contribution in [0.1, 0.15) is 33.1 Å². The van der Waals surface area contributed by atoms with E-state index in [1.165, 1.54) is 0 Å². The summed E-state index contributed by atoms with van der Waals surface area (Å²) >= 11 is 0. The quantitative estimate of drug-likeness (QED) is 0.374. The Morgan fingerprint density at radius 1 is 1.41 bits per heavy atom. The number of hydrogen-bond acceptors (Lipinski definition) is 4. The Hall–Kier alpha value is -0.0900. The summed E-state index contributed by atoms with van der Waals surface area (Å²) in [7, 11) is -1.33. The molecule has 1 aliphatic carbocycles. The van der Waals surface area contributed by atoms with E-state index in [9.17, 15) is 13.5 Å². The maximum Gasteiger partial charge on any atom is 0.193 e. The molecule has 0 amide bonds. The Bertz CT molecular complexity index is 507. The van der Waals surface area contributed by atoms with Gasteiger partial charge in [-0.3, -0.25) is 4.99 Å². The zero-order chi connectivity index (χ0) is 15.7. The van der Waals surface area contributed by atoms with Crippen molar-refractivity contribution < 1.29 is 13.5 Å². The molecule has 2 N–H and O–H groups in total. The van der Waals surface area contributed by atoms with Crippen molar-refractivity contribution in [1.29, 1.82) is 0 Å². The molecule has 2 atom stereocenters. The van der Waals surface area contributed by atoms with Crippen LogP contribution in [0, 0.1) is 5.92 Å². The third kappa shape index (κ3) is 4.25. The second kappa shape index (κ2) is 7.65. The summed E-state index contributed by atoms with van der Waals surface area (Å²) in [6.07, 6.45) is 2.75. The van der Waals surface area contributed by atoms with Gasteiger partial charge in [0.05, 0.1) is 16.6 Å². The third-order valence-corrected chi connectivity index (χ3v) is 7.23. The minimum absolute atomic E-state index is 0. The predicted molar refractivity (Wildman–Crippen MR) is 99.6 cm³/mol. The maximum atomic E-state index is 12.0. The number of guanidine groups is 1. The van der Waals surface area contributed by atoms with Gasteiger partial charge in [-0.25, -0.2) is 8.42 Å². The van der Waals surface area contributed by atoms with Crippen molar-refractivity contribution in [3.05, 3.63) is 0 Å². The monoisotopic (exact) mass is 445 g/mol. The fraction of sp³-hybridized carbons (Fsp3) is 0.929. The van der Waals surface area contributed by atoms with Gasteiger partial charge in [-0.15, -0.1) is 24.0 Å². The van der Waals surface area contributed by atoms with E-state index in [0.29, 0.717) is 19.6 Å². The lowest BCUT2D eigenvalue weighted by Gasteiger charge is -2.39. The molecule has 0 spiro atoms. The summed E-state index contributed by atoms with van der Waals surface area (Å²) in [6.45, 7) is 5.14. The zero-order valence-corrected chi connectivity index (χ0v) is 16.7. The number of rotatable bonds is 2. The lowest BCUT2D eigenvalue weighted by Crippen LogP contribution is -2.57. The Morgan fingerprint density at radius 3 is 2.59 bits per heavy atom. The molecule has 6 nitrogen and oxygen atoms in total. The van der Waals surface area contributed by atoms with Crippen LogP contribution in [0.15, 0.2) is 4.99 Å². The first kappa shape index (κ1) is 20.0. The molecule has 2 aliphatic rings. The number of nitrogens with one attached hydrogen (secondary N) is 1. The summed E-state index contributed by atoms with van der Waals surface area (Å²) in [5, 5.41) is 13.2. The molecule has 2 fully saturated rings. The van der Waals surface area contributed by atoms with Crippen LogP contribution in [-0.2, 0) is 9.84 Å². The fourth-order valence-corrected chi connectivity index (χ4v) is 4.50. The van der Waals surface area contributed by atoms with E-state index in [-0.39, 0.29) is 41.8 Å². The highest BCUT2D eigenvalue weighted by atomic mass is 127. The molecular weight excluding hydrogens is 417 g/mol. The summed E-state index contributed by atoms with van der Waals surface area (Å²) in [5.74, 6) is 1.16. The van der Waals surface area contributed by atoms with Crippen LogP contribution >= 0.6 is 24.0 Å². The molecule has 2 unspecified atom stereocenters. The van der Waals surface area contributed by atoms with Crippen LogP contribution in [0.2, 0.25) is 0 Å². The van der Waals surface area contributed by atoms with Crippen LogP contribution in [0.5, 0.6) is 0 Å². The Morgan fingerprint density at radius 2 is 2.09 bits per heavy atom. The molecule has 1 saturated carbocycles. The van der Waals surface area contributed by atoms with Crippen molar-refractivity contribution in [2.45, 2.75) is 44.0 Å². The van der Waals surface area contributed by atoms with Crippen LogP contribution in [0.4, 0.5) is 0 Å². The van der Waals surface area contributed by atoms with Crippen molar-refractivity contribution in [2.24, 2.45) is 10.9 Å². The molecule has 0 aromatic carbocycles. The van der Waals surface area contributed by atoms with E-state index in [1.54, 1.807) is 20.9 Å². The number of hydrogen-bond donors (Lipinski definition) is 2. The van der Waals surface area contributed by atoms with Crippen molar-refractivity contribution in [3.8, 4) is 0 Å². The Balaban J connectivity index is 0.00000242. The largest absolute Gasteiger partial charge is 0.393 e. The van der Waals surface area contributed by atoms with Gasteiger partial charge in [-0.05, 0) is 26.7 Å². The normalized spacial score (nSPS) is 30.7. The predicted octanol–water partition coefficient (Wildman–Crippen LogP) is 0.850. The number of halogens is 1. The average molecular weight is 445 g/mol. The first-order valence-electron chi connectivity index (χ1n) is 7.63. The highest BCUT2D eigenvalue weighted by molar-refractivity contribution is 14.0. The molecular formula is C14H28IN3O3S. The van der Waals surface area contributed by atoms with Crippen LogP contribution in [0.3, 0.4) is 0 Å². The molecule has 130 valence electrons. The zero-order valence-electron chi connectivity index (χ0n) is 13.6. The van der Waals surface area contributed by atoms with Crippen molar-refractivity contribution >= 4 is 39.8 Å². The van der Waals surface area contributed by atoms with E-state index in [0.717, 1.165) is 25.2 Å².